The first-order chi connectivity index (χ1) is 9.32. The number of aliphatic hydroxyl groups is 1. The van der Waals surface area contributed by atoms with E-state index in [9.17, 15) is 9.59 Å². The summed E-state index contributed by atoms with van der Waals surface area (Å²) in [6, 6.07) is 6.96. The van der Waals surface area contributed by atoms with E-state index >= 15 is 0 Å². The Kier molecular flexibility index (Phi) is 5.70. The number of hydrogen-bond acceptors (Lipinski definition) is 3. The monoisotopic (exact) mass is 278 g/mol. The molecular weight excluding hydrogens is 256 g/mol. The molecule has 0 aliphatic carbocycles. The van der Waals surface area contributed by atoms with Gasteiger partial charge in [-0.05, 0) is 17.7 Å². The van der Waals surface area contributed by atoms with Crippen LogP contribution in [0.3, 0.4) is 0 Å². The lowest BCUT2D eigenvalue weighted by Gasteiger charge is -2.17. The summed E-state index contributed by atoms with van der Waals surface area (Å²) in [6.45, 7) is 5.77. The maximum atomic E-state index is 11.7. The number of benzene rings is 1. The van der Waals surface area contributed by atoms with Crippen LogP contribution in [-0.2, 0) is 16.2 Å². The largest absolute Gasteiger partial charge is 0.392 e. The van der Waals surface area contributed by atoms with E-state index in [4.69, 9.17) is 5.11 Å². The van der Waals surface area contributed by atoms with Crippen LogP contribution in [0.25, 0.3) is 0 Å². The van der Waals surface area contributed by atoms with Crippen LogP contribution in [0.1, 0.15) is 32.8 Å². The van der Waals surface area contributed by atoms with Crippen molar-refractivity contribution in [2.24, 2.45) is 5.41 Å². The van der Waals surface area contributed by atoms with Crippen molar-refractivity contribution < 1.29 is 14.7 Å². The minimum atomic E-state index is -0.448. The molecule has 0 aliphatic heterocycles. The summed E-state index contributed by atoms with van der Waals surface area (Å²) in [7, 11) is 0. The minimum absolute atomic E-state index is 0.0208. The van der Waals surface area contributed by atoms with E-state index < -0.39 is 5.41 Å². The average molecular weight is 278 g/mol. The molecule has 0 heterocycles. The van der Waals surface area contributed by atoms with Crippen LogP contribution in [0.5, 0.6) is 0 Å². The molecule has 1 aromatic carbocycles. The van der Waals surface area contributed by atoms with Gasteiger partial charge in [0, 0.05) is 24.1 Å². The van der Waals surface area contributed by atoms with Gasteiger partial charge in [0.2, 0.25) is 11.8 Å². The minimum Gasteiger partial charge on any atom is -0.392 e. The molecule has 0 unspecified atom stereocenters. The van der Waals surface area contributed by atoms with Gasteiger partial charge in [-0.15, -0.1) is 0 Å². The zero-order valence-corrected chi connectivity index (χ0v) is 12.2. The lowest BCUT2D eigenvalue weighted by molar-refractivity contribution is -0.128. The van der Waals surface area contributed by atoms with Crippen LogP contribution in [0, 0.1) is 5.41 Å². The molecule has 0 aliphatic rings. The summed E-state index contributed by atoms with van der Waals surface area (Å²) in [6.07, 6.45) is 0.226. The molecule has 1 aromatic rings. The molecule has 110 valence electrons. The molecule has 0 fully saturated rings. The van der Waals surface area contributed by atoms with Gasteiger partial charge >= 0.3 is 0 Å². The fourth-order valence-electron chi connectivity index (χ4n) is 1.47. The second-order valence-electron chi connectivity index (χ2n) is 5.66. The van der Waals surface area contributed by atoms with Crippen LogP contribution in [0.15, 0.2) is 24.3 Å². The highest BCUT2D eigenvalue weighted by molar-refractivity contribution is 5.91. The second-order valence-corrected chi connectivity index (χ2v) is 5.66. The molecular formula is C15H22N2O3. The van der Waals surface area contributed by atoms with Crippen molar-refractivity contribution in [2.75, 3.05) is 11.9 Å². The zero-order chi connectivity index (χ0) is 15.2. The molecule has 0 atom stereocenters. The first-order valence-corrected chi connectivity index (χ1v) is 6.61. The first kappa shape index (κ1) is 16.2. The molecule has 0 saturated carbocycles. The lowest BCUT2D eigenvalue weighted by atomic mass is 9.96. The van der Waals surface area contributed by atoms with Crippen LogP contribution < -0.4 is 10.6 Å². The van der Waals surface area contributed by atoms with Gasteiger partial charge in [-0.1, -0.05) is 32.9 Å². The predicted molar refractivity (Wildman–Crippen MR) is 78.1 cm³/mol. The van der Waals surface area contributed by atoms with Gasteiger partial charge in [-0.25, -0.2) is 0 Å². The summed E-state index contributed by atoms with van der Waals surface area (Å²) in [4.78, 5) is 23.3. The Morgan fingerprint density at radius 1 is 1.15 bits per heavy atom. The molecule has 0 aromatic heterocycles. The molecule has 0 bridgehead atoms. The van der Waals surface area contributed by atoms with Crippen LogP contribution in [0.2, 0.25) is 0 Å². The van der Waals surface area contributed by atoms with Crippen molar-refractivity contribution in [1.82, 2.24) is 5.32 Å². The van der Waals surface area contributed by atoms with Crippen LogP contribution >= 0.6 is 0 Å². The van der Waals surface area contributed by atoms with Crippen molar-refractivity contribution in [3.05, 3.63) is 29.8 Å². The molecule has 0 spiro atoms. The number of carbonyl (C=O) groups is 2. The fraction of sp³-hybridized carbons (Fsp3) is 0.467. The van der Waals surface area contributed by atoms with Crippen LogP contribution in [-0.4, -0.2) is 23.5 Å². The number of aliphatic hydroxyl groups excluding tert-OH is 1. The van der Waals surface area contributed by atoms with E-state index in [1.165, 1.54) is 0 Å². The number of nitrogens with one attached hydrogen (secondary N) is 2. The molecule has 5 heteroatoms. The third-order valence-corrected chi connectivity index (χ3v) is 2.74. The quantitative estimate of drug-likeness (QED) is 0.766. The summed E-state index contributed by atoms with van der Waals surface area (Å²) in [5.41, 5.74) is 1.02. The summed E-state index contributed by atoms with van der Waals surface area (Å²) >= 11 is 0. The SMILES string of the molecule is CC(C)(C)C(=O)NCCC(=O)Nc1ccc(CO)cc1. The summed E-state index contributed by atoms with van der Waals surface area (Å²) < 4.78 is 0. The molecule has 20 heavy (non-hydrogen) atoms. The molecule has 2 amide bonds. The number of anilines is 1. The highest BCUT2D eigenvalue weighted by Gasteiger charge is 2.20. The highest BCUT2D eigenvalue weighted by Crippen LogP contribution is 2.12. The maximum Gasteiger partial charge on any atom is 0.226 e. The van der Waals surface area contributed by atoms with E-state index in [0.717, 1.165) is 5.56 Å². The Balaban J connectivity index is 2.35. The predicted octanol–water partition coefficient (Wildman–Crippen LogP) is 1.67. The van der Waals surface area contributed by atoms with Crippen molar-refractivity contribution >= 4 is 17.5 Å². The number of hydrogen-bond donors (Lipinski definition) is 3. The third-order valence-electron chi connectivity index (χ3n) is 2.74. The van der Waals surface area contributed by atoms with E-state index in [1.807, 2.05) is 20.8 Å². The number of rotatable bonds is 5. The highest BCUT2D eigenvalue weighted by atomic mass is 16.3. The second kappa shape index (κ2) is 7.05. The van der Waals surface area contributed by atoms with Crippen molar-refractivity contribution in [2.45, 2.75) is 33.8 Å². The molecule has 5 nitrogen and oxygen atoms in total. The van der Waals surface area contributed by atoms with Gasteiger partial charge < -0.3 is 15.7 Å². The first-order valence-electron chi connectivity index (χ1n) is 6.61. The third kappa shape index (κ3) is 5.40. The van der Waals surface area contributed by atoms with E-state index in [2.05, 4.69) is 10.6 Å². The Labute approximate surface area is 119 Å². The molecule has 3 N–H and O–H groups in total. The zero-order valence-electron chi connectivity index (χ0n) is 12.2. The summed E-state index contributed by atoms with van der Waals surface area (Å²) in [5, 5.41) is 14.4. The van der Waals surface area contributed by atoms with Gasteiger partial charge in [0.25, 0.3) is 0 Å². The molecule has 1 rings (SSSR count). The smallest absolute Gasteiger partial charge is 0.226 e. The van der Waals surface area contributed by atoms with Crippen molar-refractivity contribution in [3.8, 4) is 0 Å². The van der Waals surface area contributed by atoms with Gasteiger partial charge in [0.1, 0.15) is 0 Å². The maximum absolute atomic E-state index is 11.7. The fourth-order valence-corrected chi connectivity index (χ4v) is 1.47. The summed E-state index contributed by atoms with van der Waals surface area (Å²) in [5.74, 6) is -0.228. The Morgan fingerprint density at radius 3 is 2.25 bits per heavy atom. The van der Waals surface area contributed by atoms with Crippen molar-refractivity contribution in [3.63, 3.8) is 0 Å². The van der Waals surface area contributed by atoms with Gasteiger partial charge in [-0.3, -0.25) is 9.59 Å². The average Bonchev–Trinajstić information content (AvgIpc) is 2.38. The van der Waals surface area contributed by atoms with Gasteiger partial charge in [0.15, 0.2) is 0 Å². The van der Waals surface area contributed by atoms with E-state index in [-0.39, 0.29) is 24.8 Å². The van der Waals surface area contributed by atoms with Crippen LogP contribution in [0.4, 0.5) is 5.69 Å². The number of amides is 2. The topological polar surface area (TPSA) is 78.4 Å². The van der Waals surface area contributed by atoms with Gasteiger partial charge in [0.05, 0.1) is 6.61 Å². The lowest BCUT2D eigenvalue weighted by Crippen LogP contribution is -2.36. The Hall–Kier alpha value is -1.88. The van der Waals surface area contributed by atoms with E-state index in [1.54, 1.807) is 24.3 Å². The van der Waals surface area contributed by atoms with E-state index in [0.29, 0.717) is 12.2 Å². The standard InChI is InChI=1S/C15H22N2O3/c1-15(2,3)14(20)16-9-8-13(19)17-12-6-4-11(10-18)5-7-12/h4-7,18H,8-10H2,1-3H3,(H,16,20)(H,17,19). The normalized spacial score (nSPS) is 11.0. The van der Waals surface area contributed by atoms with Crippen molar-refractivity contribution in [1.29, 1.82) is 0 Å². The molecule has 0 saturated heterocycles. The Morgan fingerprint density at radius 2 is 1.75 bits per heavy atom. The van der Waals surface area contributed by atoms with Gasteiger partial charge in [-0.2, -0.15) is 0 Å². The Bertz CT molecular complexity index is 461. The number of carbonyl (C=O) groups excluding carboxylic acids is 2. The molecule has 0 radical (unpaired) electrons.